The number of ether oxygens (including phenoxy) is 1. The number of rotatable bonds is 5. The van der Waals surface area contributed by atoms with Crippen LogP contribution in [0.4, 0.5) is 8.78 Å². The lowest BCUT2D eigenvalue weighted by molar-refractivity contribution is -0.141. The van der Waals surface area contributed by atoms with E-state index >= 15 is 4.39 Å². The molecule has 2 amide bonds. The van der Waals surface area contributed by atoms with Crippen LogP contribution in [0.15, 0.2) is 4.99 Å². The summed E-state index contributed by atoms with van der Waals surface area (Å²) in [4.78, 5) is 37.3. The molecule has 0 radical (unpaired) electrons. The molecule has 5 N–H and O–H groups in total. The molecule has 5 saturated heterocycles. The average Bonchev–Trinajstić information content (AvgIpc) is 3.23. The number of nitrogens with zero attached hydrogens (tertiary/aromatic N) is 5. The molecule has 0 saturated carbocycles. The van der Waals surface area contributed by atoms with Crippen molar-refractivity contribution in [2.45, 2.75) is 49.5 Å². The highest BCUT2D eigenvalue weighted by molar-refractivity contribution is 6.05. The number of nitrogens with two attached hydrogens (primary N) is 1. The fourth-order valence-electron chi connectivity index (χ4n) is 6.91. The summed E-state index contributed by atoms with van der Waals surface area (Å²) in [6, 6.07) is -0.462. The van der Waals surface area contributed by atoms with Gasteiger partial charge in [-0.25, -0.2) is 14.2 Å². The first-order chi connectivity index (χ1) is 18.9. The molecule has 0 aliphatic carbocycles. The molecule has 14 heteroatoms. The van der Waals surface area contributed by atoms with E-state index in [-0.39, 0.29) is 37.4 Å². The summed E-state index contributed by atoms with van der Waals surface area (Å²) in [5.41, 5.74) is 9.10. The number of amides is 2. The first-order valence-electron chi connectivity index (χ1n) is 14.4. The van der Waals surface area contributed by atoms with Crippen LogP contribution in [0.3, 0.4) is 0 Å². The van der Waals surface area contributed by atoms with Crippen molar-refractivity contribution in [3.05, 3.63) is 0 Å². The van der Waals surface area contributed by atoms with Crippen molar-refractivity contribution >= 4 is 17.6 Å². The molecule has 6 atom stereocenters. The van der Waals surface area contributed by atoms with E-state index in [1.807, 2.05) is 4.90 Å². The second-order valence-electron chi connectivity index (χ2n) is 11.7. The van der Waals surface area contributed by atoms with Gasteiger partial charge in [-0.2, -0.15) is 0 Å². The number of aliphatic imine (C=N–C) groups is 1. The third-order valence-electron chi connectivity index (χ3n) is 9.21. The summed E-state index contributed by atoms with van der Waals surface area (Å²) in [6.45, 7) is 6.81. The second-order valence-corrected chi connectivity index (χ2v) is 11.7. The zero-order valence-corrected chi connectivity index (χ0v) is 22.3. The Morgan fingerprint density at radius 1 is 1.03 bits per heavy atom. The van der Waals surface area contributed by atoms with Gasteiger partial charge in [-0.15, -0.1) is 0 Å². The van der Waals surface area contributed by atoms with E-state index in [0.717, 1.165) is 39.4 Å². The van der Waals surface area contributed by atoms with Crippen LogP contribution in [0.1, 0.15) is 12.8 Å². The fourth-order valence-corrected chi connectivity index (χ4v) is 6.91. The van der Waals surface area contributed by atoms with Crippen LogP contribution in [-0.4, -0.2) is 153 Å². The Labute approximate surface area is 227 Å². The summed E-state index contributed by atoms with van der Waals surface area (Å²) >= 11 is 0. The molecule has 0 bridgehead atoms. The molecule has 12 nitrogen and oxygen atoms in total. The van der Waals surface area contributed by atoms with Gasteiger partial charge >= 0.3 is 0 Å². The van der Waals surface area contributed by atoms with E-state index in [4.69, 9.17) is 10.5 Å². The minimum Gasteiger partial charge on any atom is -0.378 e. The number of nitrogens with one attached hydrogen (secondary N) is 3. The first-order valence-corrected chi connectivity index (χ1v) is 14.4. The van der Waals surface area contributed by atoms with Gasteiger partial charge in [-0.3, -0.25) is 29.4 Å². The van der Waals surface area contributed by atoms with Gasteiger partial charge in [0.2, 0.25) is 11.8 Å². The van der Waals surface area contributed by atoms with Crippen LogP contribution in [0, 0.1) is 11.8 Å². The quantitative estimate of drug-likeness (QED) is 0.292. The third-order valence-corrected chi connectivity index (χ3v) is 9.21. The van der Waals surface area contributed by atoms with Gasteiger partial charge in [0.15, 0.2) is 0 Å². The number of alkyl halides is 2. The molecule has 0 aromatic carbocycles. The molecule has 6 aliphatic rings. The van der Waals surface area contributed by atoms with E-state index in [1.54, 1.807) is 0 Å². The largest absolute Gasteiger partial charge is 0.378 e. The third kappa shape index (κ3) is 5.51. The van der Waals surface area contributed by atoms with Crippen LogP contribution in [-0.2, 0) is 14.3 Å². The topological polar surface area (TPSA) is 131 Å². The molecule has 6 heterocycles. The highest BCUT2D eigenvalue weighted by Gasteiger charge is 2.46. The average molecular weight is 554 g/mol. The Hall–Kier alpha value is -1.97. The molecular weight excluding hydrogens is 512 g/mol. The van der Waals surface area contributed by atoms with E-state index in [9.17, 15) is 14.0 Å². The number of halogens is 2. The molecule has 0 spiro atoms. The summed E-state index contributed by atoms with van der Waals surface area (Å²) in [7, 11) is 0. The van der Waals surface area contributed by atoms with Crippen molar-refractivity contribution in [3.8, 4) is 0 Å². The molecule has 6 unspecified atom stereocenters. The highest BCUT2D eigenvalue weighted by Crippen LogP contribution is 2.27. The lowest BCUT2D eigenvalue weighted by atomic mass is 9.89. The minimum atomic E-state index is -1.16. The minimum absolute atomic E-state index is 0.00298. The number of hydrazine groups is 1. The van der Waals surface area contributed by atoms with Gasteiger partial charge in [0.05, 0.1) is 50.6 Å². The summed E-state index contributed by atoms with van der Waals surface area (Å²) in [6.07, 6.45) is -1.64. The van der Waals surface area contributed by atoms with Gasteiger partial charge in [-0.1, -0.05) is 0 Å². The van der Waals surface area contributed by atoms with E-state index < -0.39 is 36.5 Å². The first kappa shape index (κ1) is 27.2. The molecule has 39 heavy (non-hydrogen) atoms. The van der Waals surface area contributed by atoms with Gasteiger partial charge < -0.3 is 26.0 Å². The summed E-state index contributed by atoms with van der Waals surface area (Å²) in [5.74, 6) is -0.505. The molecule has 0 aromatic heterocycles. The standard InChI is InChI=1S/C25H41F2N9O3/c26-16-9-30-23-20(22(28)32-36(23)12-16)24(37)31-19-11-29-10-18(27)21(19)34-3-1-15(2-4-34)25(38)35-7-5-33(6-8-35)17-13-39-14-17/h15-22,29,32H,1-14,28H2,(H,31,37). The van der Waals surface area contributed by atoms with Gasteiger partial charge in [0, 0.05) is 45.2 Å². The maximum Gasteiger partial charge on any atom is 0.234 e. The van der Waals surface area contributed by atoms with Gasteiger partial charge in [0.1, 0.15) is 24.1 Å². The molecular formula is C25H41F2N9O3. The number of piperidine rings is 2. The lowest BCUT2D eigenvalue weighted by Gasteiger charge is -2.46. The van der Waals surface area contributed by atoms with E-state index in [1.165, 1.54) is 5.01 Å². The Kier molecular flexibility index (Phi) is 8.02. The maximum atomic E-state index is 15.3. The summed E-state index contributed by atoms with van der Waals surface area (Å²) in [5, 5.41) is 7.63. The SMILES string of the molecule is NC1NN2CC(F)CN=C2C1C(=O)NC1CNCC(F)C1N1CCC(C(=O)N2CCN(C3COC3)CC2)CC1. The molecule has 218 valence electrons. The van der Waals surface area contributed by atoms with Gasteiger partial charge in [0.25, 0.3) is 0 Å². The predicted molar refractivity (Wildman–Crippen MR) is 139 cm³/mol. The number of likely N-dealkylation sites (tertiary alicyclic amines) is 1. The number of hydrogen-bond donors (Lipinski definition) is 4. The van der Waals surface area contributed by atoms with Crippen LogP contribution in [0.25, 0.3) is 0 Å². The Morgan fingerprint density at radius 3 is 2.46 bits per heavy atom. The van der Waals surface area contributed by atoms with Crippen LogP contribution in [0.2, 0.25) is 0 Å². The predicted octanol–water partition coefficient (Wildman–Crippen LogP) is -2.49. The van der Waals surface area contributed by atoms with Crippen molar-refractivity contribution < 1.29 is 23.1 Å². The van der Waals surface area contributed by atoms with Crippen LogP contribution < -0.4 is 21.8 Å². The number of carbonyl (C=O) groups excluding carboxylic acids is 2. The summed E-state index contributed by atoms with van der Waals surface area (Å²) < 4.78 is 34.4. The van der Waals surface area contributed by atoms with E-state index in [0.29, 0.717) is 44.4 Å². The van der Waals surface area contributed by atoms with Crippen molar-refractivity contribution in [1.29, 1.82) is 0 Å². The zero-order chi connectivity index (χ0) is 27.1. The van der Waals surface area contributed by atoms with Crippen LogP contribution >= 0.6 is 0 Å². The number of carbonyl (C=O) groups is 2. The molecule has 5 fully saturated rings. The van der Waals surface area contributed by atoms with E-state index in [2.05, 4.69) is 30.9 Å². The monoisotopic (exact) mass is 553 g/mol. The molecule has 6 rings (SSSR count). The van der Waals surface area contributed by atoms with Crippen molar-refractivity contribution in [3.63, 3.8) is 0 Å². The Morgan fingerprint density at radius 2 is 1.77 bits per heavy atom. The van der Waals surface area contributed by atoms with Crippen molar-refractivity contribution in [1.82, 2.24) is 35.8 Å². The number of hydrogen-bond acceptors (Lipinski definition) is 10. The Bertz CT molecular complexity index is 940. The number of amidine groups is 1. The highest BCUT2D eigenvalue weighted by atomic mass is 19.1. The maximum absolute atomic E-state index is 15.3. The fraction of sp³-hybridized carbons (Fsp3) is 0.880. The molecule has 0 aromatic rings. The Balaban J connectivity index is 1.04. The smallest absolute Gasteiger partial charge is 0.234 e. The normalized spacial score (nSPS) is 37.3. The zero-order valence-electron chi connectivity index (χ0n) is 22.3. The van der Waals surface area contributed by atoms with Crippen molar-refractivity contribution in [2.24, 2.45) is 22.6 Å². The molecule has 6 aliphatic heterocycles. The van der Waals surface area contributed by atoms with Crippen LogP contribution in [0.5, 0.6) is 0 Å². The number of piperazine rings is 1. The lowest BCUT2D eigenvalue weighted by Crippen LogP contribution is -2.67. The van der Waals surface area contributed by atoms with Crippen molar-refractivity contribution in [2.75, 3.05) is 78.7 Å². The number of fused-ring (bicyclic) bond motifs is 1. The second kappa shape index (κ2) is 11.5. The van der Waals surface area contributed by atoms with Gasteiger partial charge in [-0.05, 0) is 25.9 Å².